The van der Waals surface area contributed by atoms with Crippen molar-refractivity contribution in [2.45, 2.75) is 25.9 Å². The Kier molecular flexibility index (Phi) is 4.35. The number of hydrogen-bond donors (Lipinski definition) is 2. The molecule has 2 amide bonds. The first-order chi connectivity index (χ1) is 11.9. The summed E-state index contributed by atoms with van der Waals surface area (Å²) in [4.78, 5) is 24.4. The summed E-state index contributed by atoms with van der Waals surface area (Å²) in [5.74, 6) is 0.838. The number of rotatable bonds is 4. The molecule has 0 saturated heterocycles. The van der Waals surface area contributed by atoms with E-state index in [4.69, 9.17) is 9.47 Å². The van der Waals surface area contributed by atoms with E-state index in [2.05, 4.69) is 10.6 Å². The summed E-state index contributed by atoms with van der Waals surface area (Å²) >= 11 is 0. The number of carbonyl (C=O) groups is 2. The van der Waals surface area contributed by atoms with Gasteiger partial charge in [0.25, 0.3) is 5.91 Å². The molecule has 6 nitrogen and oxygen atoms in total. The van der Waals surface area contributed by atoms with Crippen molar-refractivity contribution in [3.63, 3.8) is 0 Å². The molecule has 1 aliphatic rings. The van der Waals surface area contributed by atoms with Gasteiger partial charge in [-0.05, 0) is 43.7 Å². The Morgan fingerprint density at radius 3 is 2.60 bits per heavy atom. The summed E-state index contributed by atoms with van der Waals surface area (Å²) in [6.07, 6.45) is 0.216. The Labute approximate surface area is 146 Å². The summed E-state index contributed by atoms with van der Waals surface area (Å²) in [5, 5.41) is 5.64. The van der Waals surface area contributed by atoms with Crippen molar-refractivity contribution < 1.29 is 19.1 Å². The van der Waals surface area contributed by atoms with E-state index in [1.165, 1.54) is 0 Å². The van der Waals surface area contributed by atoms with Gasteiger partial charge in [-0.3, -0.25) is 9.59 Å². The number of nitrogens with one attached hydrogen (secondary N) is 2. The van der Waals surface area contributed by atoms with Crippen LogP contribution in [0.3, 0.4) is 0 Å². The highest BCUT2D eigenvalue weighted by molar-refractivity contribution is 6.06. The van der Waals surface area contributed by atoms with Crippen LogP contribution in [-0.4, -0.2) is 24.5 Å². The van der Waals surface area contributed by atoms with Gasteiger partial charge in [0.2, 0.25) is 5.91 Å². The van der Waals surface area contributed by atoms with Crippen LogP contribution in [-0.2, 0) is 16.0 Å². The second kappa shape index (κ2) is 6.47. The molecule has 0 fully saturated rings. The smallest absolute Gasteiger partial charge is 0.268 e. The van der Waals surface area contributed by atoms with Crippen LogP contribution in [0.25, 0.3) is 0 Å². The monoisotopic (exact) mass is 340 g/mol. The SMILES string of the molecule is COc1ccc(CC(=O)Nc2cccc3c2NC(=O)C(C)(C)O3)cc1. The van der Waals surface area contributed by atoms with Gasteiger partial charge >= 0.3 is 0 Å². The molecule has 0 aliphatic carbocycles. The van der Waals surface area contributed by atoms with E-state index < -0.39 is 5.60 Å². The van der Waals surface area contributed by atoms with Crippen LogP contribution in [0.5, 0.6) is 11.5 Å². The highest BCUT2D eigenvalue weighted by Crippen LogP contribution is 2.38. The Balaban J connectivity index is 1.75. The molecule has 25 heavy (non-hydrogen) atoms. The lowest BCUT2D eigenvalue weighted by atomic mass is 10.1. The van der Waals surface area contributed by atoms with Crippen molar-refractivity contribution in [2.75, 3.05) is 17.7 Å². The molecular formula is C19H20N2O4. The van der Waals surface area contributed by atoms with Crippen molar-refractivity contribution in [2.24, 2.45) is 0 Å². The third-order valence-electron chi connectivity index (χ3n) is 3.97. The van der Waals surface area contributed by atoms with E-state index >= 15 is 0 Å². The minimum absolute atomic E-state index is 0.183. The van der Waals surface area contributed by atoms with Crippen molar-refractivity contribution in [1.82, 2.24) is 0 Å². The van der Waals surface area contributed by atoms with E-state index in [-0.39, 0.29) is 18.2 Å². The van der Waals surface area contributed by atoms with Crippen molar-refractivity contribution in [1.29, 1.82) is 0 Å². The van der Waals surface area contributed by atoms with Crippen LogP contribution in [0, 0.1) is 0 Å². The molecule has 0 unspecified atom stereocenters. The van der Waals surface area contributed by atoms with Crippen LogP contribution < -0.4 is 20.1 Å². The predicted molar refractivity (Wildman–Crippen MR) is 95.1 cm³/mol. The third-order valence-corrected chi connectivity index (χ3v) is 3.97. The third kappa shape index (κ3) is 3.57. The van der Waals surface area contributed by atoms with Gasteiger partial charge < -0.3 is 20.1 Å². The topological polar surface area (TPSA) is 76.7 Å². The fraction of sp³-hybridized carbons (Fsp3) is 0.263. The van der Waals surface area contributed by atoms with Gasteiger partial charge in [0.15, 0.2) is 5.60 Å². The number of fused-ring (bicyclic) bond motifs is 1. The summed E-state index contributed by atoms with van der Waals surface area (Å²) < 4.78 is 10.8. The van der Waals surface area contributed by atoms with Crippen LogP contribution in [0.2, 0.25) is 0 Å². The standard InChI is InChI=1S/C19H20N2O4/c1-19(2)18(23)21-17-14(5-4-6-15(17)25-19)20-16(22)11-12-7-9-13(24-3)10-8-12/h4-10H,11H2,1-3H3,(H,20,22)(H,21,23). The van der Waals surface area contributed by atoms with Gasteiger partial charge in [0, 0.05) is 0 Å². The number of anilines is 2. The molecule has 0 radical (unpaired) electrons. The van der Waals surface area contributed by atoms with E-state index in [0.29, 0.717) is 17.1 Å². The molecular weight excluding hydrogens is 320 g/mol. The fourth-order valence-electron chi connectivity index (χ4n) is 2.56. The second-order valence-corrected chi connectivity index (χ2v) is 6.32. The van der Waals surface area contributed by atoms with Crippen molar-refractivity contribution in [3.8, 4) is 11.5 Å². The number of benzene rings is 2. The second-order valence-electron chi connectivity index (χ2n) is 6.32. The normalized spacial score (nSPS) is 14.8. The van der Waals surface area contributed by atoms with Gasteiger partial charge in [0.05, 0.1) is 19.2 Å². The molecule has 2 N–H and O–H groups in total. The zero-order valence-corrected chi connectivity index (χ0v) is 14.4. The highest BCUT2D eigenvalue weighted by atomic mass is 16.5. The number of ether oxygens (including phenoxy) is 2. The Hall–Kier alpha value is -3.02. The summed E-state index contributed by atoms with van der Waals surface area (Å²) in [5.41, 5.74) is 0.915. The Bertz CT molecular complexity index is 813. The first-order valence-electron chi connectivity index (χ1n) is 7.95. The van der Waals surface area contributed by atoms with E-state index in [1.807, 2.05) is 24.3 Å². The quantitative estimate of drug-likeness (QED) is 0.897. The van der Waals surface area contributed by atoms with Gasteiger partial charge in [0.1, 0.15) is 17.2 Å². The Morgan fingerprint density at radius 1 is 1.20 bits per heavy atom. The molecule has 0 atom stereocenters. The van der Waals surface area contributed by atoms with Crippen molar-refractivity contribution >= 4 is 23.2 Å². The highest BCUT2D eigenvalue weighted by Gasteiger charge is 2.36. The number of methoxy groups -OCH3 is 1. The molecule has 130 valence electrons. The van der Waals surface area contributed by atoms with E-state index in [0.717, 1.165) is 11.3 Å². The van der Waals surface area contributed by atoms with Gasteiger partial charge in [-0.2, -0.15) is 0 Å². The summed E-state index contributed by atoms with van der Waals surface area (Å²) in [7, 11) is 1.60. The van der Waals surface area contributed by atoms with Crippen LogP contribution in [0.4, 0.5) is 11.4 Å². The average Bonchev–Trinajstić information content (AvgIpc) is 2.57. The average molecular weight is 340 g/mol. The minimum atomic E-state index is -0.946. The molecule has 1 aliphatic heterocycles. The fourth-order valence-corrected chi connectivity index (χ4v) is 2.56. The van der Waals surface area contributed by atoms with Crippen molar-refractivity contribution in [3.05, 3.63) is 48.0 Å². The van der Waals surface area contributed by atoms with Crippen LogP contribution in [0.1, 0.15) is 19.4 Å². The minimum Gasteiger partial charge on any atom is -0.497 e. The van der Waals surface area contributed by atoms with E-state index in [9.17, 15) is 9.59 Å². The lowest BCUT2D eigenvalue weighted by molar-refractivity contribution is -0.129. The maximum atomic E-state index is 12.3. The zero-order valence-electron chi connectivity index (χ0n) is 14.4. The van der Waals surface area contributed by atoms with Gasteiger partial charge in [-0.15, -0.1) is 0 Å². The maximum Gasteiger partial charge on any atom is 0.268 e. The van der Waals surface area contributed by atoms with E-state index in [1.54, 1.807) is 39.2 Å². The molecule has 0 saturated carbocycles. The molecule has 0 aromatic heterocycles. The molecule has 2 aromatic carbocycles. The number of carbonyl (C=O) groups excluding carboxylic acids is 2. The van der Waals surface area contributed by atoms with Gasteiger partial charge in [-0.1, -0.05) is 18.2 Å². The van der Waals surface area contributed by atoms with Crippen LogP contribution >= 0.6 is 0 Å². The number of hydrogen-bond acceptors (Lipinski definition) is 4. The molecule has 0 bridgehead atoms. The molecule has 0 spiro atoms. The lowest BCUT2D eigenvalue weighted by Gasteiger charge is -2.32. The first kappa shape index (κ1) is 16.8. The largest absolute Gasteiger partial charge is 0.497 e. The zero-order chi connectivity index (χ0) is 18.0. The maximum absolute atomic E-state index is 12.3. The molecule has 3 rings (SSSR count). The molecule has 1 heterocycles. The first-order valence-corrected chi connectivity index (χ1v) is 7.95. The summed E-state index contributed by atoms with van der Waals surface area (Å²) in [6, 6.07) is 12.6. The molecule has 6 heteroatoms. The van der Waals surface area contributed by atoms with Gasteiger partial charge in [-0.25, -0.2) is 0 Å². The Morgan fingerprint density at radius 2 is 1.92 bits per heavy atom. The number of para-hydroxylation sites is 1. The number of amides is 2. The molecule has 2 aromatic rings. The lowest BCUT2D eigenvalue weighted by Crippen LogP contribution is -2.45. The van der Waals surface area contributed by atoms with Crippen LogP contribution in [0.15, 0.2) is 42.5 Å². The summed E-state index contributed by atoms with van der Waals surface area (Å²) in [6.45, 7) is 3.39. The predicted octanol–water partition coefficient (Wildman–Crippen LogP) is 2.99.